The molecule has 166 valence electrons. The molecule has 0 aliphatic carbocycles. The van der Waals surface area contributed by atoms with Crippen molar-refractivity contribution in [2.24, 2.45) is 0 Å². The van der Waals surface area contributed by atoms with Gasteiger partial charge in [0.25, 0.3) is 0 Å². The molecule has 0 radical (unpaired) electrons. The Morgan fingerprint density at radius 2 is 1.45 bits per heavy atom. The van der Waals surface area contributed by atoms with Gasteiger partial charge in [-0.15, -0.1) is 0 Å². The maximum absolute atomic E-state index is 13.7. The molecule has 0 fully saturated rings. The molecule has 4 aromatic rings. The van der Waals surface area contributed by atoms with Gasteiger partial charge in [-0.2, -0.15) is 0 Å². The predicted molar refractivity (Wildman–Crippen MR) is 123 cm³/mol. The summed E-state index contributed by atoms with van der Waals surface area (Å²) in [6.45, 7) is 1.98. The number of carbonyl (C=O) groups excluding carboxylic acids is 1. The number of hydrogen-bond acceptors (Lipinski definition) is 6. The number of nitrogens with zero attached hydrogens (tertiary/aromatic N) is 3. The summed E-state index contributed by atoms with van der Waals surface area (Å²) in [4.78, 5) is 24.7. The number of aromatic nitrogens is 3. The van der Waals surface area contributed by atoms with Gasteiger partial charge >= 0.3 is 6.03 Å². The summed E-state index contributed by atoms with van der Waals surface area (Å²) in [7, 11) is 0. The van der Waals surface area contributed by atoms with Crippen molar-refractivity contribution in [2.75, 3.05) is 21.3 Å². The summed E-state index contributed by atoms with van der Waals surface area (Å²) in [5.41, 5.74) is 2.16. The van der Waals surface area contributed by atoms with E-state index in [2.05, 4.69) is 36.2 Å². The van der Waals surface area contributed by atoms with Crippen molar-refractivity contribution < 1.29 is 13.6 Å². The van der Waals surface area contributed by atoms with E-state index >= 15 is 0 Å². The number of urea groups is 1. The van der Waals surface area contributed by atoms with Crippen LogP contribution in [-0.4, -0.2) is 21.0 Å². The number of rotatable bonds is 6. The first kappa shape index (κ1) is 21.6. The average Bonchev–Trinajstić information content (AvgIpc) is 2.77. The fraction of sp³-hybridized carbons (Fsp3) is 0.0435. The van der Waals surface area contributed by atoms with Crippen LogP contribution in [-0.2, 0) is 0 Å². The summed E-state index contributed by atoms with van der Waals surface area (Å²) in [6.07, 6.45) is 3.14. The number of carbonyl (C=O) groups is 1. The van der Waals surface area contributed by atoms with Gasteiger partial charge in [0.1, 0.15) is 35.4 Å². The van der Waals surface area contributed by atoms with E-state index < -0.39 is 17.7 Å². The zero-order valence-electron chi connectivity index (χ0n) is 17.4. The Kier molecular flexibility index (Phi) is 6.35. The van der Waals surface area contributed by atoms with Crippen molar-refractivity contribution in [1.29, 1.82) is 0 Å². The lowest BCUT2D eigenvalue weighted by Gasteiger charge is -2.11. The number of aryl methyl sites for hydroxylation is 1. The molecule has 0 aliphatic rings. The standard InChI is InChI=1S/C23H19F2N7O/c1-14-8-9-26-20(10-14)32-22-12-21(27-13-28-22)29-16-3-5-17(6-4-16)30-23(33)31-19-7-2-15(24)11-18(19)25/h2-13H,1H3,(H2,30,31,33)(H2,26,27,28,29,32). The van der Waals surface area contributed by atoms with E-state index in [1.165, 1.54) is 6.33 Å². The molecule has 2 aromatic heterocycles. The fourth-order valence-electron chi connectivity index (χ4n) is 2.89. The lowest BCUT2D eigenvalue weighted by molar-refractivity contribution is 0.262. The van der Waals surface area contributed by atoms with Crippen LogP contribution in [0.25, 0.3) is 0 Å². The smallest absolute Gasteiger partial charge is 0.323 e. The Labute approximate surface area is 188 Å². The molecule has 0 aliphatic heterocycles. The topological polar surface area (TPSA) is 104 Å². The number of anilines is 6. The summed E-state index contributed by atoms with van der Waals surface area (Å²) in [5, 5.41) is 11.2. The van der Waals surface area contributed by atoms with Gasteiger partial charge in [-0.05, 0) is 61.0 Å². The SMILES string of the molecule is Cc1ccnc(Nc2cc(Nc3ccc(NC(=O)Nc4ccc(F)cc4F)cc3)ncn2)c1. The Morgan fingerprint density at radius 1 is 0.758 bits per heavy atom. The first-order chi connectivity index (χ1) is 15.9. The zero-order chi connectivity index (χ0) is 23.2. The minimum Gasteiger partial charge on any atom is -0.340 e. The highest BCUT2D eigenvalue weighted by Crippen LogP contribution is 2.21. The zero-order valence-corrected chi connectivity index (χ0v) is 17.4. The van der Waals surface area contributed by atoms with Crippen LogP contribution >= 0.6 is 0 Å². The maximum atomic E-state index is 13.7. The summed E-state index contributed by atoms with van der Waals surface area (Å²) in [5.74, 6) is 0.231. The van der Waals surface area contributed by atoms with E-state index in [0.717, 1.165) is 23.4 Å². The van der Waals surface area contributed by atoms with E-state index in [-0.39, 0.29) is 5.69 Å². The third-order valence-corrected chi connectivity index (χ3v) is 4.43. The van der Waals surface area contributed by atoms with Crippen molar-refractivity contribution in [3.63, 3.8) is 0 Å². The molecule has 0 bridgehead atoms. The van der Waals surface area contributed by atoms with Gasteiger partial charge in [0.15, 0.2) is 0 Å². The highest BCUT2D eigenvalue weighted by molar-refractivity contribution is 5.99. The molecule has 2 amide bonds. The van der Waals surface area contributed by atoms with Gasteiger partial charge < -0.3 is 21.3 Å². The molecule has 0 atom stereocenters. The van der Waals surface area contributed by atoms with Crippen LogP contribution in [0.5, 0.6) is 0 Å². The van der Waals surface area contributed by atoms with Crippen LogP contribution in [0.3, 0.4) is 0 Å². The van der Waals surface area contributed by atoms with Gasteiger partial charge in [-0.1, -0.05) is 0 Å². The van der Waals surface area contributed by atoms with E-state index in [1.54, 1.807) is 36.5 Å². The van der Waals surface area contributed by atoms with Crippen LogP contribution < -0.4 is 21.3 Å². The molecule has 0 unspecified atom stereocenters. The van der Waals surface area contributed by atoms with Crippen LogP contribution in [0, 0.1) is 18.6 Å². The normalized spacial score (nSPS) is 10.4. The Morgan fingerprint density at radius 3 is 2.18 bits per heavy atom. The fourth-order valence-corrected chi connectivity index (χ4v) is 2.89. The van der Waals surface area contributed by atoms with Crippen molar-refractivity contribution in [2.45, 2.75) is 6.92 Å². The van der Waals surface area contributed by atoms with E-state index in [4.69, 9.17) is 0 Å². The maximum Gasteiger partial charge on any atom is 0.323 e. The molecule has 0 saturated carbocycles. The van der Waals surface area contributed by atoms with Gasteiger partial charge in [-0.3, -0.25) is 0 Å². The van der Waals surface area contributed by atoms with Gasteiger partial charge in [0.05, 0.1) is 5.69 Å². The van der Waals surface area contributed by atoms with Crippen LogP contribution in [0.4, 0.5) is 48.1 Å². The van der Waals surface area contributed by atoms with Crippen molar-refractivity contribution >= 4 is 40.5 Å². The molecule has 33 heavy (non-hydrogen) atoms. The molecule has 0 saturated heterocycles. The second-order valence-corrected chi connectivity index (χ2v) is 7.04. The van der Waals surface area contributed by atoms with Crippen molar-refractivity contribution in [3.8, 4) is 0 Å². The first-order valence-electron chi connectivity index (χ1n) is 9.86. The first-order valence-corrected chi connectivity index (χ1v) is 9.86. The largest absolute Gasteiger partial charge is 0.340 e. The number of benzene rings is 2. The Balaban J connectivity index is 1.36. The molecule has 4 N–H and O–H groups in total. The Bertz CT molecular complexity index is 1280. The summed E-state index contributed by atoms with van der Waals surface area (Å²) in [6, 6.07) is 14.6. The number of pyridine rings is 1. The van der Waals surface area contributed by atoms with Crippen LogP contribution in [0.2, 0.25) is 0 Å². The number of nitrogens with one attached hydrogen (secondary N) is 4. The molecule has 2 aromatic carbocycles. The second kappa shape index (κ2) is 9.69. The molecular weight excluding hydrogens is 428 g/mol. The van der Waals surface area contributed by atoms with Crippen LogP contribution in [0.1, 0.15) is 5.56 Å². The lowest BCUT2D eigenvalue weighted by atomic mass is 10.2. The minimum atomic E-state index is -0.860. The highest BCUT2D eigenvalue weighted by Gasteiger charge is 2.08. The minimum absolute atomic E-state index is 0.124. The number of hydrogen-bond donors (Lipinski definition) is 4. The third-order valence-electron chi connectivity index (χ3n) is 4.43. The quantitative estimate of drug-likeness (QED) is 0.307. The van der Waals surface area contributed by atoms with Gasteiger partial charge in [0, 0.05) is 29.7 Å². The molecule has 10 heteroatoms. The Hall–Kier alpha value is -4.60. The number of amides is 2. The number of halogens is 2. The molecule has 0 spiro atoms. The molecular formula is C23H19F2N7O. The highest BCUT2D eigenvalue weighted by atomic mass is 19.1. The molecule has 8 nitrogen and oxygen atoms in total. The van der Waals surface area contributed by atoms with E-state index in [1.807, 2.05) is 19.1 Å². The van der Waals surface area contributed by atoms with Gasteiger partial charge in [0.2, 0.25) is 0 Å². The predicted octanol–water partition coefficient (Wildman–Crippen LogP) is 5.59. The van der Waals surface area contributed by atoms with Crippen molar-refractivity contribution in [3.05, 3.63) is 90.4 Å². The van der Waals surface area contributed by atoms with Gasteiger partial charge in [-0.25, -0.2) is 28.5 Å². The summed E-state index contributed by atoms with van der Waals surface area (Å²) >= 11 is 0. The third kappa shape index (κ3) is 5.97. The lowest BCUT2D eigenvalue weighted by Crippen LogP contribution is -2.20. The van der Waals surface area contributed by atoms with E-state index in [0.29, 0.717) is 29.2 Å². The van der Waals surface area contributed by atoms with E-state index in [9.17, 15) is 13.6 Å². The summed E-state index contributed by atoms with van der Waals surface area (Å²) < 4.78 is 26.6. The van der Waals surface area contributed by atoms with Crippen molar-refractivity contribution in [1.82, 2.24) is 15.0 Å². The second-order valence-electron chi connectivity index (χ2n) is 7.04. The monoisotopic (exact) mass is 447 g/mol. The molecule has 2 heterocycles. The van der Waals surface area contributed by atoms with Crippen LogP contribution in [0.15, 0.2) is 73.2 Å². The molecule has 4 rings (SSSR count). The average molecular weight is 447 g/mol.